The summed E-state index contributed by atoms with van der Waals surface area (Å²) in [6.45, 7) is 6.51. The van der Waals surface area contributed by atoms with E-state index in [2.05, 4.69) is 15.1 Å². The Morgan fingerprint density at radius 1 is 1.06 bits per heavy atom. The molecule has 1 saturated heterocycles. The smallest absolute Gasteiger partial charge is 0.303 e. The van der Waals surface area contributed by atoms with Gasteiger partial charge in [0, 0.05) is 44.9 Å². The van der Waals surface area contributed by atoms with Gasteiger partial charge in [-0.2, -0.15) is 9.50 Å². The maximum Gasteiger partial charge on any atom is 0.303 e. The number of benzene rings is 1. The van der Waals surface area contributed by atoms with E-state index in [1.165, 1.54) is 6.92 Å². The second-order valence-electron chi connectivity index (χ2n) is 7.97. The summed E-state index contributed by atoms with van der Waals surface area (Å²) in [5.41, 5.74) is 0.421. The number of fused-ring (bicyclic) bond motifs is 1. The summed E-state index contributed by atoms with van der Waals surface area (Å²) in [7, 11) is 0. The molecule has 3 aromatic rings. The summed E-state index contributed by atoms with van der Waals surface area (Å²) in [5.74, 6) is 0.273. The molecule has 1 fully saturated rings. The predicted octanol–water partition coefficient (Wildman–Crippen LogP) is 3.09. The normalized spacial score (nSPS) is 14.7. The van der Waals surface area contributed by atoms with E-state index < -0.39 is 11.6 Å². The first-order valence-electron chi connectivity index (χ1n) is 10.1. The van der Waals surface area contributed by atoms with Gasteiger partial charge in [0.15, 0.2) is 5.60 Å². The van der Waals surface area contributed by atoms with Crippen LogP contribution in [0, 0.1) is 0 Å². The lowest BCUT2D eigenvalue weighted by Gasteiger charge is -2.37. The summed E-state index contributed by atoms with van der Waals surface area (Å²) < 4.78 is 6.84. The van der Waals surface area contributed by atoms with E-state index in [4.69, 9.17) is 27.9 Å². The Kier molecular flexibility index (Phi) is 5.96. The Labute approximate surface area is 194 Å². The first-order chi connectivity index (χ1) is 15.2. The third kappa shape index (κ3) is 4.35. The molecule has 1 aromatic carbocycles. The fourth-order valence-corrected chi connectivity index (χ4v) is 3.98. The second-order valence-corrected chi connectivity index (χ2v) is 8.78. The van der Waals surface area contributed by atoms with Gasteiger partial charge in [-0.05, 0) is 32.0 Å². The zero-order chi connectivity index (χ0) is 23.0. The number of hydrogen-bond acceptors (Lipinski definition) is 7. The number of carbonyl (C=O) groups is 2. The number of halogens is 2. The average molecular weight is 477 g/mol. The molecule has 0 N–H and O–H groups in total. The Balaban J connectivity index is 1.53. The van der Waals surface area contributed by atoms with Crippen LogP contribution in [0.5, 0.6) is 0 Å². The van der Waals surface area contributed by atoms with Crippen molar-refractivity contribution in [1.82, 2.24) is 24.5 Å². The van der Waals surface area contributed by atoms with E-state index in [1.54, 1.807) is 41.6 Å². The van der Waals surface area contributed by atoms with E-state index in [1.807, 2.05) is 17.0 Å². The Hall–Kier alpha value is -2.91. The fraction of sp³-hybridized carbons (Fsp3) is 0.381. The lowest BCUT2D eigenvalue weighted by molar-refractivity contribution is -0.168. The number of aromatic nitrogens is 4. The monoisotopic (exact) mass is 476 g/mol. The van der Waals surface area contributed by atoms with Crippen LogP contribution in [0.4, 0.5) is 5.95 Å². The zero-order valence-corrected chi connectivity index (χ0v) is 19.4. The van der Waals surface area contributed by atoms with E-state index in [0.29, 0.717) is 48.0 Å². The number of piperazine rings is 1. The first-order valence-corrected chi connectivity index (χ1v) is 10.8. The molecule has 0 saturated carbocycles. The van der Waals surface area contributed by atoms with Crippen LogP contribution in [-0.2, 0) is 14.3 Å². The van der Waals surface area contributed by atoms with Crippen LogP contribution in [-0.4, -0.2) is 68.1 Å². The molecule has 11 heteroatoms. The van der Waals surface area contributed by atoms with Crippen molar-refractivity contribution in [2.75, 3.05) is 31.1 Å². The van der Waals surface area contributed by atoms with Gasteiger partial charge in [-0.25, -0.2) is 4.98 Å². The maximum absolute atomic E-state index is 12.8. The van der Waals surface area contributed by atoms with Crippen LogP contribution in [0.3, 0.4) is 0 Å². The molecule has 1 aliphatic heterocycles. The molecule has 1 aliphatic rings. The Morgan fingerprint density at radius 2 is 1.78 bits per heavy atom. The highest BCUT2D eigenvalue weighted by Crippen LogP contribution is 2.29. The summed E-state index contributed by atoms with van der Waals surface area (Å²) in [4.78, 5) is 36.6. The molecule has 0 unspecified atom stereocenters. The van der Waals surface area contributed by atoms with Gasteiger partial charge in [0.1, 0.15) is 0 Å². The number of carbonyl (C=O) groups excluding carboxylic acids is 2. The molecule has 0 bridgehead atoms. The Morgan fingerprint density at radius 3 is 2.44 bits per heavy atom. The number of hydrogen-bond donors (Lipinski definition) is 0. The minimum atomic E-state index is -1.20. The highest BCUT2D eigenvalue weighted by Gasteiger charge is 2.36. The van der Waals surface area contributed by atoms with Gasteiger partial charge in [-0.3, -0.25) is 9.59 Å². The highest BCUT2D eigenvalue weighted by molar-refractivity contribution is 6.42. The molecule has 0 atom stereocenters. The van der Waals surface area contributed by atoms with Crippen molar-refractivity contribution in [3.63, 3.8) is 0 Å². The number of rotatable bonds is 4. The molecule has 3 heterocycles. The standard InChI is InChI=1S/C21H22Cl2N6O3/c1-13(30)32-21(2,3)18(31)27-8-10-28(11-9-27)20-25-19-24-7-6-17(29(19)26-20)14-4-5-15(22)16(23)12-14/h4-7,12H,8-11H2,1-3H3. The molecule has 0 radical (unpaired) electrons. The topological polar surface area (TPSA) is 92.9 Å². The fourth-order valence-electron chi connectivity index (χ4n) is 3.68. The molecule has 9 nitrogen and oxygen atoms in total. The van der Waals surface area contributed by atoms with Crippen LogP contribution in [0.25, 0.3) is 17.0 Å². The van der Waals surface area contributed by atoms with E-state index in [9.17, 15) is 9.59 Å². The quantitative estimate of drug-likeness (QED) is 0.534. The number of amides is 1. The largest absolute Gasteiger partial charge is 0.450 e. The van der Waals surface area contributed by atoms with Gasteiger partial charge in [0.2, 0.25) is 5.95 Å². The van der Waals surface area contributed by atoms with Crippen molar-refractivity contribution >= 4 is 46.8 Å². The van der Waals surface area contributed by atoms with E-state index in [-0.39, 0.29) is 5.91 Å². The summed E-state index contributed by atoms with van der Waals surface area (Å²) >= 11 is 12.2. The van der Waals surface area contributed by atoms with Crippen molar-refractivity contribution < 1.29 is 14.3 Å². The summed E-state index contributed by atoms with van der Waals surface area (Å²) in [6.07, 6.45) is 1.67. The molecular formula is C21H22Cl2N6O3. The third-order valence-electron chi connectivity index (χ3n) is 5.21. The first kappa shape index (κ1) is 22.3. The molecule has 32 heavy (non-hydrogen) atoms. The molecule has 1 amide bonds. The SMILES string of the molecule is CC(=O)OC(C)(C)C(=O)N1CCN(c2nc3nccc(-c4ccc(Cl)c(Cl)c4)n3n2)CC1. The van der Waals surface area contributed by atoms with Crippen LogP contribution in [0.15, 0.2) is 30.5 Å². The van der Waals surface area contributed by atoms with E-state index in [0.717, 1.165) is 11.3 Å². The highest BCUT2D eigenvalue weighted by atomic mass is 35.5. The molecule has 0 aliphatic carbocycles. The molecule has 4 rings (SSSR count). The van der Waals surface area contributed by atoms with Crippen molar-refractivity contribution in [2.24, 2.45) is 0 Å². The number of esters is 1. The van der Waals surface area contributed by atoms with Gasteiger partial charge in [-0.1, -0.05) is 29.3 Å². The number of anilines is 1. The van der Waals surface area contributed by atoms with E-state index >= 15 is 0 Å². The molecule has 2 aromatic heterocycles. The minimum Gasteiger partial charge on any atom is -0.450 e. The van der Waals surface area contributed by atoms with Crippen LogP contribution in [0.2, 0.25) is 10.0 Å². The van der Waals surface area contributed by atoms with Gasteiger partial charge in [0.05, 0.1) is 15.7 Å². The van der Waals surface area contributed by atoms with Gasteiger partial charge in [0.25, 0.3) is 11.7 Å². The van der Waals surface area contributed by atoms with Gasteiger partial charge >= 0.3 is 5.97 Å². The van der Waals surface area contributed by atoms with Gasteiger partial charge in [-0.15, -0.1) is 5.10 Å². The van der Waals surface area contributed by atoms with Crippen LogP contribution >= 0.6 is 23.2 Å². The predicted molar refractivity (Wildman–Crippen MR) is 121 cm³/mol. The maximum atomic E-state index is 12.8. The minimum absolute atomic E-state index is 0.223. The average Bonchev–Trinajstić information content (AvgIpc) is 3.19. The van der Waals surface area contributed by atoms with Crippen molar-refractivity contribution in [1.29, 1.82) is 0 Å². The van der Waals surface area contributed by atoms with Crippen LogP contribution in [0.1, 0.15) is 20.8 Å². The van der Waals surface area contributed by atoms with Crippen molar-refractivity contribution in [2.45, 2.75) is 26.4 Å². The van der Waals surface area contributed by atoms with Gasteiger partial charge < -0.3 is 14.5 Å². The van der Waals surface area contributed by atoms with Crippen molar-refractivity contribution in [3.05, 3.63) is 40.5 Å². The molecule has 0 spiro atoms. The molecule has 168 valence electrons. The summed E-state index contributed by atoms with van der Waals surface area (Å²) in [6, 6.07) is 7.20. The molecular weight excluding hydrogens is 455 g/mol. The number of ether oxygens (including phenoxy) is 1. The summed E-state index contributed by atoms with van der Waals surface area (Å²) in [5, 5.41) is 5.57. The second kappa shape index (κ2) is 8.55. The lowest BCUT2D eigenvalue weighted by atomic mass is 10.1. The van der Waals surface area contributed by atoms with Crippen molar-refractivity contribution in [3.8, 4) is 11.3 Å². The van der Waals surface area contributed by atoms with Crippen LogP contribution < -0.4 is 4.90 Å². The lowest BCUT2D eigenvalue weighted by Crippen LogP contribution is -2.55. The Bertz CT molecular complexity index is 1190. The third-order valence-corrected chi connectivity index (χ3v) is 5.95. The zero-order valence-electron chi connectivity index (χ0n) is 17.9. The number of nitrogens with zero attached hydrogens (tertiary/aromatic N) is 6.